The number of rotatable bonds is 6. The summed E-state index contributed by atoms with van der Waals surface area (Å²) in [6, 6.07) is -1.53. The minimum atomic E-state index is -4.58. The SMILES string of the molecule is CCOc1nn(C(=O)NS(=O)(=O)c2c(C)oc(C)c2C(=O)OC)c(=O)n1C1CC1. The Balaban J connectivity index is 1.99. The Morgan fingerprint density at radius 3 is 2.48 bits per heavy atom. The first-order valence-corrected chi connectivity index (χ1v) is 10.2. The standard InChI is InChI=1S/C16H20N4O8S/c1-5-27-15-17-20(16(23)19(15)10-6-7-10)14(22)18-29(24,25)12-9(3)28-8(2)11(12)13(21)26-4/h10H,5-7H2,1-4H3,(H,18,22). The number of furan rings is 1. The summed E-state index contributed by atoms with van der Waals surface area (Å²) in [6.45, 7) is 4.60. The molecule has 158 valence electrons. The number of esters is 1. The zero-order chi connectivity index (χ0) is 21.5. The number of carbonyl (C=O) groups excluding carboxylic acids is 2. The molecule has 1 amide bonds. The van der Waals surface area contributed by atoms with E-state index in [1.807, 2.05) is 0 Å². The number of ether oxygens (including phenoxy) is 2. The Kier molecular flexibility index (Phi) is 5.26. The van der Waals surface area contributed by atoms with Gasteiger partial charge in [0.25, 0.3) is 10.0 Å². The van der Waals surface area contributed by atoms with Crippen molar-refractivity contribution < 1.29 is 31.9 Å². The van der Waals surface area contributed by atoms with Crippen molar-refractivity contribution in [3.8, 4) is 6.01 Å². The highest BCUT2D eigenvalue weighted by atomic mass is 32.2. The molecule has 1 saturated carbocycles. The van der Waals surface area contributed by atoms with Gasteiger partial charge in [-0.2, -0.15) is 0 Å². The highest BCUT2D eigenvalue weighted by Crippen LogP contribution is 2.36. The Morgan fingerprint density at radius 2 is 1.93 bits per heavy atom. The van der Waals surface area contributed by atoms with Gasteiger partial charge >= 0.3 is 23.7 Å². The van der Waals surface area contributed by atoms with Crippen LogP contribution < -0.4 is 15.1 Å². The lowest BCUT2D eigenvalue weighted by Crippen LogP contribution is -2.41. The lowest BCUT2D eigenvalue weighted by molar-refractivity contribution is 0.0594. The summed E-state index contributed by atoms with van der Waals surface area (Å²) >= 11 is 0. The molecule has 0 atom stereocenters. The fourth-order valence-electron chi connectivity index (χ4n) is 2.90. The van der Waals surface area contributed by atoms with E-state index in [4.69, 9.17) is 9.15 Å². The van der Waals surface area contributed by atoms with Crippen molar-refractivity contribution in [1.29, 1.82) is 0 Å². The molecule has 2 heterocycles. The topological polar surface area (TPSA) is 152 Å². The van der Waals surface area contributed by atoms with Gasteiger partial charge in [-0.1, -0.05) is 0 Å². The molecule has 12 nitrogen and oxygen atoms in total. The maximum atomic E-state index is 12.8. The molecule has 1 aliphatic rings. The molecule has 0 aromatic carbocycles. The second-order valence-corrected chi connectivity index (χ2v) is 7.95. The minimum absolute atomic E-state index is 0.0102. The van der Waals surface area contributed by atoms with Gasteiger partial charge in [0.1, 0.15) is 22.0 Å². The third-order valence-electron chi connectivity index (χ3n) is 4.24. The molecule has 0 spiro atoms. The molecule has 3 rings (SSSR count). The highest BCUT2D eigenvalue weighted by molar-refractivity contribution is 7.90. The molecular weight excluding hydrogens is 408 g/mol. The molecule has 0 unspecified atom stereocenters. The first-order valence-electron chi connectivity index (χ1n) is 8.72. The average Bonchev–Trinajstić information content (AvgIpc) is 3.34. The summed E-state index contributed by atoms with van der Waals surface area (Å²) in [7, 11) is -3.50. The third-order valence-corrected chi connectivity index (χ3v) is 5.71. The Bertz CT molecular complexity index is 1140. The number of carbonyl (C=O) groups is 2. The number of hydrogen-bond acceptors (Lipinski definition) is 9. The van der Waals surface area contributed by atoms with Gasteiger partial charge in [0.15, 0.2) is 0 Å². The molecule has 0 radical (unpaired) electrons. The normalized spacial score (nSPS) is 13.9. The fraction of sp³-hybridized carbons (Fsp3) is 0.500. The number of hydrogen-bond donors (Lipinski definition) is 1. The molecule has 0 saturated heterocycles. The number of methoxy groups -OCH3 is 1. The molecule has 1 fully saturated rings. The van der Waals surface area contributed by atoms with Crippen LogP contribution in [0.5, 0.6) is 6.01 Å². The van der Waals surface area contributed by atoms with E-state index in [2.05, 4.69) is 9.84 Å². The van der Waals surface area contributed by atoms with Gasteiger partial charge in [-0.15, -0.1) is 9.78 Å². The van der Waals surface area contributed by atoms with Crippen LogP contribution in [0.4, 0.5) is 4.79 Å². The Labute approximate surface area is 165 Å². The van der Waals surface area contributed by atoms with Gasteiger partial charge in [-0.25, -0.2) is 32.1 Å². The zero-order valence-corrected chi connectivity index (χ0v) is 17.0. The molecule has 2 aromatic heterocycles. The van der Waals surface area contributed by atoms with E-state index in [-0.39, 0.29) is 35.7 Å². The van der Waals surface area contributed by atoms with Crippen molar-refractivity contribution >= 4 is 22.0 Å². The van der Waals surface area contributed by atoms with Gasteiger partial charge in [0.2, 0.25) is 0 Å². The average molecular weight is 428 g/mol. The summed E-state index contributed by atoms with van der Waals surface area (Å²) in [6.07, 6.45) is 1.45. The van der Waals surface area contributed by atoms with Crippen LogP contribution >= 0.6 is 0 Å². The summed E-state index contributed by atoms with van der Waals surface area (Å²) in [5.41, 5.74) is -1.16. The molecule has 1 N–H and O–H groups in total. The smallest absolute Gasteiger partial charge is 0.360 e. The minimum Gasteiger partial charge on any atom is -0.465 e. The first-order chi connectivity index (χ1) is 13.6. The van der Waals surface area contributed by atoms with Crippen molar-refractivity contribution in [2.45, 2.75) is 44.6 Å². The van der Waals surface area contributed by atoms with Crippen LogP contribution in [-0.2, 0) is 14.8 Å². The van der Waals surface area contributed by atoms with Crippen LogP contribution in [0.2, 0.25) is 0 Å². The quantitative estimate of drug-likeness (QED) is 0.656. The molecule has 2 aromatic rings. The predicted octanol–water partition coefficient (Wildman–Crippen LogP) is 0.721. The number of amides is 1. The van der Waals surface area contributed by atoms with Crippen LogP contribution in [0.1, 0.15) is 47.7 Å². The van der Waals surface area contributed by atoms with E-state index >= 15 is 0 Å². The van der Waals surface area contributed by atoms with Crippen LogP contribution in [0.15, 0.2) is 14.1 Å². The molecule has 29 heavy (non-hydrogen) atoms. The maximum Gasteiger partial charge on any atom is 0.360 e. The Hall–Kier alpha value is -3.09. The maximum absolute atomic E-state index is 12.8. The van der Waals surface area contributed by atoms with Crippen molar-refractivity contribution in [1.82, 2.24) is 19.1 Å². The second kappa shape index (κ2) is 7.39. The number of sulfonamides is 1. The van der Waals surface area contributed by atoms with Gasteiger partial charge < -0.3 is 13.9 Å². The van der Waals surface area contributed by atoms with E-state index in [1.165, 1.54) is 18.4 Å². The largest absolute Gasteiger partial charge is 0.465 e. The van der Waals surface area contributed by atoms with E-state index in [1.54, 1.807) is 11.6 Å². The van der Waals surface area contributed by atoms with Crippen molar-refractivity contribution in [3.63, 3.8) is 0 Å². The number of aryl methyl sites for hydroxylation is 2. The lowest BCUT2D eigenvalue weighted by Gasteiger charge is -2.07. The van der Waals surface area contributed by atoms with Crippen LogP contribution in [0.25, 0.3) is 0 Å². The number of aromatic nitrogens is 3. The lowest BCUT2D eigenvalue weighted by atomic mass is 10.2. The van der Waals surface area contributed by atoms with Crippen LogP contribution in [0, 0.1) is 13.8 Å². The molecular formula is C16H20N4O8S. The van der Waals surface area contributed by atoms with Gasteiger partial charge in [0.05, 0.1) is 13.7 Å². The van der Waals surface area contributed by atoms with Crippen molar-refractivity contribution in [2.24, 2.45) is 0 Å². The molecule has 13 heteroatoms. The number of nitrogens with one attached hydrogen (secondary N) is 1. The summed E-state index contributed by atoms with van der Waals surface area (Å²) in [5.74, 6) is -1.05. The Morgan fingerprint density at radius 1 is 1.28 bits per heavy atom. The molecule has 1 aliphatic carbocycles. The van der Waals surface area contributed by atoms with Crippen molar-refractivity contribution in [2.75, 3.05) is 13.7 Å². The van der Waals surface area contributed by atoms with Crippen LogP contribution in [-0.4, -0.2) is 48.5 Å². The molecule has 0 aliphatic heterocycles. The summed E-state index contributed by atoms with van der Waals surface area (Å²) in [4.78, 5) is 36.5. The van der Waals surface area contributed by atoms with Crippen LogP contribution in [0.3, 0.4) is 0 Å². The van der Waals surface area contributed by atoms with E-state index in [9.17, 15) is 22.8 Å². The third kappa shape index (κ3) is 3.64. The summed E-state index contributed by atoms with van der Waals surface area (Å²) in [5, 5.41) is 3.79. The van der Waals surface area contributed by atoms with Gasteiger partial charge in [-0.05, 0) is 33.6 Å². The van der Waals surface area contributed by atoms with E-state index in [0.29, 0.717) is 4.68 Å². The predicted molar refractivity (Wildman–Crippen MR) is 96.6 cm³/mol. The van der Waals surface area contributed by atoms with E-state index in [0.717, 1.165) is 20.0 Å². The summed E-state index contributed by atoms with van der Waals surface area (Å²) < 4.78 is 44.0. The van der Waals surface area contributed by atoms with Gasteiger partial charge in [-0.3, -0.25) is 0 Å². The fourth-order valence-corrected chi connectivity index (χ4v) is 4.23. The first kappa shape index (κ1) is 20.6. The second-order valence-electron chi connectivity index (χ2n) is 6.33. The monoisotopic (exact) mass is 428 g/mol. The van der Waals surface area contributed by atoms with Crippen molar-refractivity contribution in [3.05, 3.63) is 27.6 Å². The zero-order valence-electron chi connectivity index (χ0n) is 16.2. The highest BCUT2D eigenvalue weighted by Gasteiger charge is 2.36. The van der Waals surface area contributed by atoms with E-state index < -0.39 is 32.6 Å². The number of nitrogens with zero attached hydrogens (tertiary/aromatic N) is 3. The van der Waals surface area contributed by atoms with Gasteiger partial charge in [0, 0.05) is 6.04 Å². The molecule has 0 bridgehead atoms.